The van der Waals surface area contributed by atoms with Gasteiger partial charge in [0.1, 0.15) is 11.5 Å². The van der Waals surface area contributed by atoms with E-state index in [0.717, 1.165) is 11.1 Å². The molecule has 1 amide bonds. The molecule has 132 valence electrons. The van der Waals surface area contributed by atoms with E-state index in [9.17, 15) is 9.18 Å². The third kappa shape index (κ3) is 4.55. The fourth-order valence-electron chi connectivity index (χ4n) is 2.27. The van der Waals surface area contributed by atoms with Crippen LogP contribution in [0.4, 0.5) is 16.0 Å². The van der Waals surface area contributed by atoms with Gasteiger partial charge in [0, 0.05) is 23.5 Å². The zero-order valence-electron chi connectivity index (χ0n) is 14.0. The normalized spacial score (nSPS) is 10.4. The maximum atomic E-state index is 12.9. The van der Waals surface area contributed by atoms with Crippen LogP contribution in [0.15, 0.2) is 54.7 Å². The van der Waals surface area contributed by atoms with E-state index in [0.29, 0.717) is 23.2 Å². The summed E-state index contributed by atoms with van der Waals surface area (Å²) < 4.78 is 12.9. The minimum Gasteiger partial charge on any atom is -0.350 e. The molecule has 0 spiro atoms. The second kappa shape index (κ2) is 7.93. The number of amides is 1. The highest BCUT2D eigenvalue weighted by molar-refractivity contribution is 6.31. The van der Waals surface area contributed by atoms with Crippen molar-refractivity contribution in [3.05, 3.63) is 82.4 Å². The molecule has 0 bridgehead atoms. The summed E-state index contributed by atoms with van der Waals surface area (Å²) in [5, 5.41) is 6.34. The lowest BCUT2D eigenvalue weighted by atomic mass is 10.2. The van der Waals surface area contributed by atoms with Gasteiger partial charge in [0.2, 0.25) is 5.95 Å². The summed E-state index contributed by atoms with van der Waals surface area (Å²) >= 11 is 5.97. The number of hydrogen-bond donors (Lipinski definition) is 2. The molecule has 0 atom stereocenters. The molecule has 3 aromatic rings. The molecular weight excluding hydrogens is 355 g/mol. The Morgan fingerprint density at radius 1 is 1.15 bits per heavy atom. The van der Waals surface area contributed by atoms with E-state index < -0.39 is 0 Å². The first-order chi connectivity index (χ1) is 12.5. The number of hydrogen-bond acceptors (Lipinski definition) is 4. The van der Waals surface area contributed by atoms with E-state index in [1.807, 2.05) is 13.0 Å². The maximum absolute atomic E-state index is 12.9. The van der Waals surface area contributed by atoms with Crippen LogP contribution in [0.2, 0.25) is 5.02 Å². The van der Waals surface area contributed by atoms with Gasteiger partial charge in [0.05, 0.1) is 0 Å². The molecule has 0 saturated heterocycles. The predicted molar refractivity (Wildman–Crippen MR) is 99.9 cm³/mol. The minimum atomic E-state index is -0.359. The van der Waals surface area contributed by atoms with Crippen LogP contribution in [0.3, 0.4) is 0 Å². The van der Waals surface area contributed by atoms with E-state index in [1.54, 1.807) is 24.3 Å². The number of rotatable bonds is 5. The summed E-state index contributed by atoms with van der Waals surface area (Å²) in [6.07, 6.45) is 1.50. The number of aromatic nitrogens is 2. The fraction of sp³-hybridized carbons (Fsp3) is 0.105. The van der Waals surface area contributed by atoms with Crippen LogP contribution in [0.25, 0.3) is 0 Å². The van der Waals surface area contributed by atoms with Gasteiger partial charge in [-0.2, -0.15) is 0 Å². The Balaban J connectivity index is 1.69. The first kappa shape index (κ1) is 17.8. The molecule has 26 heavy (non-hydrogen) atoms. The topological polar surface area (TPSA) is 66.9 Å². The van der Waals surface area contributed by atoms with E-state index in [-0.39, 0.29) is 17.4 Å². The molecule has 2 N–H and O–H groups in total. The number of anilines is 2. The van der Waals surface area contributed by atoms with Crippen molar-refractivity contribution in [3.8, 4) is 0 Å². The van der Waals surface area contributed by atoms with Crippen molar-refractivity contribution in [2.75, 3.05) is 10.6 Å². The molecule has 0 aliphatic rings. The number of nitrogens with zero attached hydrogens (tertiary/aromatic N) is 2. The number of carbonyl (C=O) groups is 1. The SMILES string of the molecule is Cc1ccc(Cl)cc1NC(=O)c1ccnc(NCc2ccc(F)cc2)n1. The van der Waals surface area contributed by atoms with Crippen LogP contribution < -0.4 is 10.6 Å². The van der Waals surface area contributed by atoms with Crippen LogP contribution in [-0.4, -0.2) is 15.9 Å². The molecule has 1 aromatic heterocycles. The van der Waals surface area contributed by atoms with E-state index in [1.165, 1.54) is 24.4 Å². The highest BCUT2D eigenvalue weighted by Crippen LogP contribution is 2.20. The average molecular weight is 371 g/mol. The first-order valence-corrected chi connectivity index (χ1v) is 8.28. The molecule has 0 aliphatic carbocycles. The molecule has 0 fully saturated rings. The van der Waals surface area contributed by atoms with Crippen LogP contribution >= 0.6 is 11.6 Å². The van der Waals surface area contributed by atoms with Crippen LogP contribution in [-0.2, 0) is 6.54 Å². The fourth-order valence-corrected chi connectivity index (χ4v) is 2.44. The van der Waals surface area contributed by atoms with Crippen molar-refractivity contribution in [1.82, 2.24) is 9.97 Å². The largest absolute Gasteiger partial charge is 0.350 e. The van der Waals surface area contributed by atoms with Gasteiger partial charge in [-0.05, 0) is 48.4 Å². The average Bonchev–Trinajstić information content (AvgIpc) is 2.64. The summed E-state index contributed by atoms with van der Waals surface area (Å²) in [6.45, 7) is 2.29. The maximum Gasteiger partial charge on any atom is 0.274 e. The minimum absolute atomic E-state index is 0.223. The second-order valence-electron chi connectivity index (χ2n) is 5.66. The third-order valence-electron chi connectivity index (χ3n) is 3.70. The van der Waals surface area contributed by atoms with Gasteiger partial charge >= 0.3 is 0 Å². The number of halogens is 2. The lowest BCUT2D eigenvalue weighted by Crippen LogP contribution is -2.16. The summed E-state index contributed by atoms with van der Waals surface area (Å²) in [4.78, 5) is 20.7. The van der Waals surface area contributed by atoms with Crippen molar-refractivity contribution >= 4 is 29.1 Å². The Hall–Kier alpha value is -2.99. The Morgan fingerprint density at radius 2 is 1.92 bits per heavy atom. The Bertz CT molecular complexity index is 931. The molecule has 0 saturated carbocycles. The molecule has 3 rings (SSSR count). The highest BCUT2D eigenvalue weighted by Gasteiger charge is 2.11. The third-order valence-corrected chi connectivity index (χ3v) is 3.94. The molecule has 2 aromatic carbocycles. The quantitative estimate of drug-likeness (QED) is 0.696. The smallest absolute Gasteiger partial charge is 0.274 e. The van der Waals surface area contributed by atoms with E-state index in [4.69, 9.17) is 11.6 Å². The standard InChI is InChI=1S/C19H16ClFN4O/c1-12-2-5-14(20)10-17(12)24-18(26)16-8-9-22-19(25-16)23-11-13-3-6-15(21)7-4-13/h2-10H,11H2,1H3,(H,24,26)(H,22,23,25). The number of carbonyl (C=O) groups excluding carboxylic acids is 1. The Morgan fingerprint density at radius 3 is 2.69 bits per heavy atom. The van der Waals surface area contributed by atoms with E-state index in [2.05, 4.69) is 20.6 Å². The second-order valence-corrected chi connectivity index (χ2v) is 6.10. The monoisotopic (exact) mass is 370 g/mol. The van der Waals surface area contributed by atoms with Gasteiger partial charge in [-0.15, -0.1) is 0 Å². The molecule has 1 heterocycles. The van der Waals surface area contributed by atoms with Gasteiger partial charge < -0.3 is 10.6 Å². The lowest BCUT2D eigenvalue weighted by Gasteiger charge is -2.09. The zero-order chi connectivity index (χ0) is 18.5. The predicted octanol–water partition coefficient (Wildman–Crippen LogP) is 4.44. The van der Waals surface area contributed by atoms with Crippen LogP contribution in [0.1, 0.15) is 21.6 Å². The lowest BCUT2D eigenvalue weighted by molar-refractivity contribution is 0.102. The Labute approximate surface area is 155 Å². The van der Waals surface area contributed by atoms with Crippen molar-refractivity contribution in [3.63, 3.8) is 0 Å². The van der Waals surface area contributed by atoms with E-state index >= 15 is 0 Å². The zero-order valence-corrected chi connectivity index (χ0v) is 14.7. The van der Waals surface area contributed by atoms with Crippen LogP contribution in [0, 0.1) is 12.7 Å². The number of aryl methyl sites for hydroxylation is 1. The van der Waals surface area contributed by atoms with Gasteiger partial charge in [0.15, 0.2) is 0 Å². The summed E-state index contributed by atoms with van der Waals surface area (Å²) in [7, 11) is 0. The van der Waals surface area contributed by atoms with Crippen molar-refractivity contribution < 1.29 is 9.18 Å². The van der Waals surface area contributed by atoms with Gasteiger partial charge in [-0.1, -0.05) is 29.8 Å². The van der Waals surface area contributed by atoms with Crippen LogP contribution in [0.5, 0.6) is 0 Å². The summed E-state index contributed by atoms with van der Waals surface area (Å²) in [5.74, 6) is -0.340. The molecule has 0 unspecified atom stereocenters. The van der Waals surface area contributed by atoms with Gasteiger partial charge in [0.25, 0.3) is 5.91 Å². The highest BCUT2D eigenvalue weighted by atomic mass is 35.5. The van der Waals surface area contributed by atoms with Crippen molar-refractivity contribution in [1.29, 1.82) is 0 Å². The molecule has 7 heteroatoms. The first-order valence-electron chi connectivity index (χ1n) is 7.90. The van der Waals surface area contributed by atoms with Crippen molar-refractivity contribution in [2.45, 2.75) is 13.5 Å². The molecule has 5 nitrogen and oxygen atoms in total. The molecule has 0 radical (unpaired) electrons. The van der Waals surface area contributed by atoms with Gasteiger partial charge in [-0.25, -0.2) is 14.4 Å². The summed E-state index contributed by atoms with van der Waals surface area (Å²) in [6, 6.07) is 12.9. The summed E-state index contributed by atoms with van der Waals surface area (Å²) in [5.41, 5.74) is 2.62. The number of nitrogens with one attached hydrogen (secondary N) is 2. The number of benzene rings is 2. The van der Waals surface area contributed by atoms with Gasteiger partial charge in [-0.3, -0.25) is 4.79 Å². The molecule has 0 aliphatic heterocycles. The molecular formula is C19H16ClFN4O. The Kier molecular flexibility index (Phi) is 5.43. The van der Waals surface area contributed by atoms with Crippen molar-refractivity contribution in [2.24, 2.45) is 0 Å².